The number of nitriles is 1. The van der Waals surface area contributed by atoms with Crippen LogP contribution in [0.15, 0.2) is 60.7 Å². The lowest BCUT2D eigenvalue weighted by Crippen LogP contribution is -2.47. The molecule has 2 heteroatoms. The van der Waals surface area contributed by atoms with Crippen molar-refractivity contribution in [3.8, 4) is 6.07 Å². The van der Waals surface area contributed by atoms with Crippen molar-refractivity contribution in [3.63, 3.8) is 0 Å². The highest BCUT2D eigenvalue weighted by molar-refractivity contribution is 5.25. The first-order valence-electron chi connectivity index (χ1n) is 8.59. The van der Waals surface area contributed by atoms with E-state index in [9.17, 15) is 5.26 Å². The summed E-state index contributed by atoms with van der Waals surface area (Å²) in [6.07, 6.45) is 6.37. The van der Waals surface area contributed by atoms with Gasteiger partial charge in [-0.05, 0) is 30.4 Å². The Bertz CT molecular complexity index is 637. The van der Waals surface area contributed by atoms with E-state index < -0.39 is 0 Å². The van der Waals surface area contributed by atoms with Crippen molar-refractivity contribution in [1.29, 1.82) is 5.26 Å². The number of hydrogen-bond acceptors (Lipinski definition) is 2. The number of hydrogen-bond donors (Lipinski definition) is 1. The molecular weight excluding hydrogens is 280 g/mol. The van der Waals surface area contributed by atoms with Crippen LogP contribution in [0.5, 0.6) is 0 Å². The van der Waals surface area contributed by atoms with Gasteiger partial charge in [-0.25, -0.2) is 0 Å². The molecule has 0 bridgehead atoms. The van der Waals surface area contributed by atoms with Crippen molar-refractivity contribution in [2.24, 2.45) is 0 Å². The van der Waals surface area contributed by atoms with E-state index in [2.05, 4.69) is 59.9 Å². The molecule has 1 atom stereocenters. The second-order valence-electron chi connectivity index (χ2n) is 6.55. The van der Waals surface area contributed by atoms with E-state index in [-0.39, 0.29) is 11.6 Å². The first-order valence-corrected chi connectivity index (χ1v) is 8.59. The van der Waals surface area contributed by atoms with Crippen molar-refractivity contribution in [2.75, 3.05) is 0 Å². The highest BCUT2D eigenvalue weighted by Crippen LogP contribution is 2.31. The number of benzene rings is 2. The predicted molar refractivity (Wildman–Crippen MR) is 93.9 cm³/mol. The number of nitrogens with zero attached hydrogens (tertiary/aromatic N) is 1. The molecule has 1 N–H and O–H groups in total. The topological polar surface area (TPSA) is 35.8 Å². The summed E-state index contributed by atoms with van der Waals surface area (Å²) >= 11 is 0. The van der Waals surface area contributed by atoms with E-state index >= 15 is 0 Å². The maximum atomic E-state index is 9.79. The number of nitrogens with one attached hydrogen (secondary N) is 1. The molecule has 2 aromatic rings. The molecule has 1 fully saturated rings. The van der Waals surface area contributed by atoms with Gasteiger partial charge in [0.1, 0.15) is 5.54 Å². The largest absolute Gasteiger partial charge is 0.292 e. The van der Waals surface area contributed by atoms with Gasteiger partial charge in [-0.15, -0.1) is 0 Å². The Hall–Kier alpha value is -2.11. The predicted octanol–water partition coefficient (Wildman–Crippen LogP) is 4.79. The summed E-state index contributed by atoms with van der Waals surface area (Å²) < 4.78 is 0. The molecule has 0 heterocycles. The molecule has 0 amide bonds. The molecule has 3 rings (SSSR count). The minimum atomic E-state index is -0.368. The van der Waals surface area contributed by atoms with Crippen LogP contribution in [0, 0.1) is 11.3 Å². The molecule has 2 aromatic carbocycles. The molecule has 0 aliphatic heterocycles. The van der Waals surface area contributed by atoms with Gasteiger partial charge in [0.15, 0.2) is 0 Å². The Morgan fingerprint density at radius 2 is 1.52 bits per heavy atom. The Balaban J connectivity index is 1.84. The highest BCUT2D eigenvalue weighted by Gasteiger charge is 2.34. The molecule has 1 saturated carbocycles. The van der Waals surface area contributed by atoms with Crippen molar-refractivity contribution < 1.29 is 0 Å². The summed E-state index contributed by atoms with van der Waals surface area (Å²) in [5.74, 6) is 0. The second kappa shape index (κ2) is 7.44. The smallest absolute Gasteiger partial charge is 0.107 e. The lowest BCUT2D eigenvalue weighted by molar-refractivity contribution is 0.267. The van der Waals surface area contributed by atoms with Gasteiger partial charge < -0.3 is 0 Å². The van der Waals surface area contributed by atoms with Crippen LogP contribution in [0.25, 0.3) is 0 Å². The van der Waals surface area contributed by atoms with Gasteiger partial charge in [0.25, 0.3) is 0 Å². The summed E-state index contributed by atoms with van der Waals surface area (Å²) in [7, 11) is 0. The van der Waals surface area contributed by atoms with Crippen LogP contribution < -0.4 is 5.32 Å². The fourth-order valence-electron chi connectivity index (χ4n) is 3.56. The van der Waals surface area contributed by atoms with E-state index in [4.69, 9.17) is 0 Å². The average Bonchev–Trinajstić information content (AvgIpc) is 2.64. The van der Waals surface area contributed by atoms with E-state index in [1.807, 2.05) is 12.1 Å². The molecule has 1 aliphatic carbocycles. The fraction of sp³-hybridized carbons (Fsp3) is 0.381. The van der Waals surface area contributed by atoms with Gasteiger partial charge in [-0.3, -0.25) is 5.32 Å². The molecule has 2 nitrogen and oxygen atoms in total. The van der Waals surface area contributed by atoms with E-state index in [1.165, 1.54) is 17.5 Å². The normalized spacial score (nSPS) is 18.0. The minimum absolute atomic E-state index is 0.177. The lowest BCUT2D eigenvalue weighted by Gasteiger charge is -2.36. The van der Waals surface area contributed by atoms with E-state index in [0.717, 1.165) is 32.1 Å². The Labute approximate surface area is 139 Å². The SMILES string of the molecule is N#CC1(NC(Cc2ccccc2)c2ccccc2)CCCCC1. The van der Waals surface area contributed by atoms with Gasteiger partial charge in [-0.2, -0.15) is 5.26 Å². The second-order valence-corrected chi connectivity index (χ2v) is 6.55. The van der Waals surface area contributed by atoms with Crippen LogP contribution in [0.1, 0.15) is 49.3 Å². The maximum absolute atomic E-state index is 9.79. The van der Waals surface area contributed by atoms with Crippen LogP contribution >= 0.6 is 0 Å². The van der Waals surface area contributed by atoms with Gasteiger partial charge >= 0.3 is 0 Å². The van der Waals surface area contributed by atoms with Gasteiger partial charge in [-0.1, -0.05) is 79.9 Å². The van der Waals surface area contributed by atoms with Crippen molar-refractivity contribution in [2.45, 2.75) is 50.1 Å². The van der Waals surface area contributed by atoms with Crippen LogP contribution in [-0.2, 0) is 6.42 Å². The van der Waals surface area contributed by atoms with E-state index in [1.54, 1.807) is 0 Å². The third-order valence-electron chi connectivity index (χ3n) is 4.86. The molecule has 23 heavy (non-hydrogen) atoms. The lowest BCUT2D eigenvalue weighted by atomic mass is 9.81. The molecule has 0 saturated heterocycles. The molecule has 0 aromatic heterocycles. The molecule has 0 spiro atoms. The average molecular weight is 304 g/mol. The molecule has 118 valence electrons. The third-order valence-corrected chi connectivity index (χ3v) is 4.86. The van der Waals surface area contributed by atoms with Crippen LogP contribution in [0.2, 0.25) is 0 Å². The van der Waals surface area contributed by atoms with E-state index in [0.29, 0.717) is 0 Å². The monoisotopic (exact) mass is 304 g/mol. The Morgan fingerprint density at radius 1 is 0.913 bits per heavy atom. The fourth-order valence-corrected chi connectivity index (χ4v) is 3.56. The van der Waals surface area contributed by atoms with Crippen molar-refractivity contribution in [3.05, 3.63) is 71.8 Å². The Morgan fingerprint density at radius 3 is 2.13 bits per heavy atom. The van der Waals surface area contributed by atoms with Gasteiger partial charge in [0.2, 0.25) is 0 Å². The van der Waals surface area contributed by atoms with Crippen LogP contribution in [-0.4, -0.2) is 5.54 Å². The first-order chi connectivity index (χ1) is 11.3. The molecule has 0 radical (unpaired) electrons. The summed E-state index contributed by atoms with van der Waals surface area (Å²) in [5.41, 5.74) is 2.20. The summed E-state index contributed by atoms with van der Waals surface area (Å²) in [5, 5.41) is 13.5. The maximum Gasteiger partial charge on any atom is 0.107 e. The standard InChI is InChI=1S/C21H24N2/c22-17-21(14-8-3-9-15-21)23-20(19-12-6-2-7-13-19)16-18-10-4-1-5-11-18/h1-2,4-7,10-13,20,23H,3,8-9,14-16H2. The molecule has 1 unspecified atom stereocenters. The van der Waals surface area contributed by atoms with Crippen LogP contribution in [0.4, 0.5) is 0 Å². The zero-order chi connectivity index (χ0) is 16.0. The van der Waals surface area contributed by atoms with Gasteiger partial charge in [0.05, 0.1) is 6.07 Å². The van der Waals surface area contributed by atoms with Gasteiger partial charge in [0, 0.05) is 6.04 Å². The zero-order valence-electron chi connectivity index (χ0n) is 13.5. The zero-order valence-corrected chi connectivity index (χ0v) is 13.5. The molecule has 1 aliphatic rings. The quantitative estimate of drug-likeness (QED) is 0.862. The van der Waals surface area contributed by atoms with Crippen LogP contribution in [0.3, 0.4) is 0 Å². The minimum Gasteiger partial charge on any atom is -0.292 e. The summed E-state index contributed by atoms with van der Waals surface area (Å²) in [4.78, 5) is 0. The highest BCUT2D eigenvalue weighted by atomic mass is 15.0. The van der Waals surface area contributed by atoms with Crippen molar-refractivity contribution >= 4 is 0 Å². The van der Waals surface area contributed by atoms with Crippen molar-refractivity contribution in [1.82, 2.24) is 5.32 Å². The molecular formula is C21H24N2. The number of rotatable bonds is 5. The Kier molecular flexibility index (Phi) is 5.10. The third kappa shape index (κ3) is 4.00. The summed E-state index contributed by atoms with van der Waals surface area (Å²) in [6, 6.07) is 23.8. The summed E-state index contributed by atoms with van der Waals surface area (Å²) in [6.45, 7) is 0. The first kappa shape index (κ1) is 15.8.